The molecule has 0 bridgehead atoms. The minimum atomic E-state index is 0.599. The van der Waals surface area contributed by atoms with Crippen molar-refractivity contribution in [3.63, 3.8) is 0 Å². The van der Waals surface area contributed by atoms with Gasteiger partial charge in [-0.1, -0.05) is 32.8 Å². The van der Waals surface area contributed by atoms with E-state index >= 15 is 0 Å². The number of hydrogen-bond donors (Lipinski definition) is 1. The van der Waals surface area contributed by atoms with E-state index in [1.807, 2.05) is 11.3 Å². The Bertz CT molecular complexity index is 250. The number of nitrogens with one attached hydrogen (secondary N) is 1. The Kier molecular flexibility index (Phi) is 6.74. The van der Waals surface area contributed by atoms with Crippen LogP contribution in [0.3, 0.4) is 0 Å². The van der Waals surface area contributed by atoms with Crippen molar-refractivity contribution in [2.45, 2.75) is 65.0 Å². The Morgan fingerprint density at radius 3 is 2.44 bits per heavy atom. The molecule has 1 rings (SSSR count). The van der Waals surface area contributed by atoms with Gasteiger partial charge >= 0.3 is 0 Å². The second-order valence-corrected chi connectivity index (χ2v) is 5.66. The lowest BCUT2D eigenvalue weighted by Crippen LogP contribution is -2.37. The van der Waals surface area contributed by atoms with Gasteiger partial charge in [-0.05, 0) is 37.6 Å². The maximum Gasteiger partial charge on any atom is 0.00896 e. The topological polar surface area (TPSA) is 12.0 Å². The van der Waals surface area contributed by atoms with E-state index in [1.54, 1.807) is 0 Å². The van der Waals surface area contributed by atoms with Gasteiger partial charge in [0.2, 0.25) is 0 Å². The first kappa shape index (κ1) is 13.7. The highest BCUT2D eigenvalue weighted by Crippen LogP contribution is 2.12. The molecule has 0 aliphatic heterocycles. The van der Waals surface area contributed by atoms with Gasteiger partial charge < -0.3 is 5.32 Å². The molecular formula is C14H25NS. The summed E-state index contributed by atoms with van der Waals surface area (Å²) in [5.74, 6) is 0. The molecule has 2 heteroatoms. The summed E-state index contributed by atoms with van der Waals surface area (Å²) in [6, 6.07) is 5.69. The molecule has 0 saturated heterocycles. The highest BCUT2D eigenvalue weighted by Gasteiger charge is 2.11. The Hall–Kier alpha value is -0.340. The summed E-state index contributed by atoms with van der Waals surface area (Å²) < 4.78 is 0. The minimum Gasteiger partial charge on any atom is -0.311 e. The van der Waals surface area contributed by atoms with E-state index in [-0.39, 0.29) is 0 Å². The van der Waals surface area contributed by atoms with Gasteiger partial charge in [0.1, 0.15) is 0 Å². The van der Waals surface area contributed by atoms with Gasteiger partial charge in [0.05, 0.1) is 0 Å². The van der Waals surface area contributed by atoms with Gasteiger partial charge in [0, 0.05) is 17.0 Å². The van der Waals surface area contributed by atoms with Crippen LogP contribution in [0.5, 0.6) is 0 Å². The van der Waals surface area contributed by atoms with E-state index in [0.717, 1.165) is 0 Å². The number of hydrogen-bond acceptors (Lipinski definition) is 2. The first-order valence-electron chi connectivity index (χ1n) is 6.54. The Balaban J connectivity index is 2.32. The fraction of sp³-hybridized carbons (Fsp3) is 0.714. The molecule has 0 amide bonds. The van der Waals surface area contributed by atoms with Gasteiger partial charge in [-0.3, -0.25) is 0 Å². The standard InChI is InChI=1S/C14H25NS/c1-4-7-13(8-5-2)15-12(3)11-14-9-6-10-16-14/h6,9-10,12-13,15H,4-5,7-8,11H2,1-3H3. The summed E-state index contributed by atoms with van der Waals surface area (Å²) in [6.45, 7) is 6.85. The Morgan fingerprint density at radius 2 is 1.94 bits per heavy atom. The summed E-state index contributed by atoms with van der Waals surface area (Å²) in [4.78, 5) is 1.49. The molecule has 1 nitrogen and oxygen atoms in total. The molecule has 0 spiro atoms. The molecule has 0 saturated carbocycles. The van der Waals surface area contributed by atoms with Crippen LogP contribution in [0.2, 0.25) is 0 Å². The molecule has 0 aliphatic carbocycles. The van der Waals surface area contributed by atoms with Gasteiger partial charge in [-0.2, -0.15) is 0 Å². The molecule has 0 radical (unpaired) electrons. The van der Waals surface area contributed by atoms with Gasteiger partial charge in [-0.25, -0.2) is 0 Å². The lowest BCUT2D eigenvalue weighted by Gasteiger charge is -2.22. The fourth-order valence-corrected chi connectivity index (χ4v) is 3.04. The molecule has 92 valence electrons. The smallest absolute Gasteiger partial charge is 0.00896 e. The van der Waals surface area contributed by atoms with Crippen molar-refractivity contribution in [1.82, 2.24) is 5.32 Å². The van der Waals surface area contributed by atoms with E-state index < -0.39 is 0 Å². The first-order valence-corrected chi connectivity index (χ1v) is 7.42. The fourth-order valence-electron chi connectivity index (χ4n) is 2.20. The van der Waals surface area contributed by atoms with Crippen LogP contribution in [0.15, 0.2) is 17.5 Å². The zero-order valence-corrected chi connectivity index (χ0v) is 11.6. The zero-order valence-electron chi connectivity index (χ0n) is 10.8. The SMILES string of the molecule is CCCC(CCC)NC(C)Cc1cccs1. The van der Waals surface area contributed by atoms with Crippen LogP contribution in [-0.4, -0.2) is 12.1 Å². The van der Waals surface area contributed by atoms with E-state index in [1.165, 1.54) is 37.0 Å². The molecule has 0 fully saturated rings. The van der Waals surface area contributed by atoms with E-state index in [4.69, 9.17) is 0 Å². The maximum absolute atomic E-state index is 3.76. The lowest BCUT2D eigenvalue weighted by atomic mass is 10.0. The predicted molar refractivity (Wildman–Crippen MR) is 74.2 cm³/mol. The number of thiophene rings is 1. The molecule has 1 aromatic heterocycles. The summed E-state index contributed by atoms with van der Waals surface area (Å²) in [7, 11) is 0. The van der Waals surface area contributed by atoms with E-state index in [2.05, 4.69) is 43.6 Å². The van der Waals surface area contributed by atoms with Crippen molar-refractivity contribution >= 4 is 11.3 Å². The predicted octanol–water partition coefficient (Wildman–Crippen LogP) is 4.24. The van der Waals surface area contributed by atoms with Crippen LogP contribution in [0, 0.1) is 0 Å². The van der Waals surface area contributed by atoms with Crippen molar-refractivity contribution in [2.24, 2.45) is 0 Å². The van der Waals surface area contributed by atoms with Crippen LogP contribution in [0.1, 0.15) is 51.3 Å². The molecular weight excluding hydrogens is 214 g/mol. The third kappa shape index (κ3) is 5.13. The Labute approximate surface area is 104 Å². The molecule has 1 atom stereocenters. The molecule has 1 N–H and O–H groups in total. The second-order valence-electron chi connectivity index (χ2n) is 4.63. The van der Waals surface area contributed by atoms with Crippen molar-refractivity contribution < 1.29 is 0 Å². The highest BCUT2D eigenvalue weighted by atomic mass is 32.1. The third-order valence-corrected chi connectivity index (χ3v) is 3.78. The normalized spacial score (nSPS) is 13.2. The largest absolute Gasteiger partial charge is 0.311 e. The summed E-state index contributed by atoms with van der Waals surface area (Å²) in [6.07, 6.45) is 6.35. The Morgan fingerprint density at radius 1 is 1.25 bits per heavy atom. The van der Waals surface area contributed by atoms with Gasteiger partial charge in [-0.15, -0.1) is 11.3 Å². The average molecular weight is 239 g/mol. The second kappa shape index (κ2) is 7.86. The molecule has 1 aromatic rings. The van der Waals surface area contributed by atoms with Crippen molar-refractivity contribution in [1.29, 1.82) is 0 Å². The molecule has 16 heavy (non-hydrogen) atoms. The number of rotatable bonds is 8. The molecule has 0 aliphatic rings. The molecule has 0 aromatic carbocycles. The van der Waals surface area contributed by atoms with Crippen molar-refractivity contribution in [2.75, 3.05) is 0 Å². The first-order chi connectivity index (χ1) is 7.76. The third-order valence-electron chi connectivity index (χ3n) is 2.88. The molecule has 1 unspecified atom stereocenters. The summed E-state index contributed by atoms with van der Waals surface area (Å²) in [5.41, 5.74) is 0. The van der Waals surface area contributed by atoms with E-state index in [0.29, 0.717) is 12.1 Å². The average Bonchev–Trinajstić information content (AvgIpc) is 2.71. The maximum atomic E-state index is 3.76. The highest BCUT2D eigenvalue weighted by molar-refractivity contribution is 7.09. The van der Waals surface area contributed by atoms with Crippen LogP contribution in [0.4, 0.5) is 0 Å². The van der Waals surface area contributed by atoms with Crippen molar-refractivity contribution in [3.05, 3.63) is 22.4 Å². The van der Waals surface area contributed by atoms with Gasteiger partial charge in [0.15, 0.2) is 0 Å². The lowest BCUT2D eigenvalue weighted by molar-refractivity contribution is 0.396. The zero-order chi connectivity index (χ0) is 11.8. The van der Waals surface area contributed by atoms with Crippen LogP contribution in [0.25, 0.3) is 0 Å². The van der Waals surface area contributed by atoms with Crippen LogP contribution in [-0.2, 0) is 6.42 Å². The molecule has 1 heterocycles. The van der Waals surface area contributed by atoms with E-state index in [9.17, 15) is 0 Å². The monoisotopic (exact) mass is 239 g/mol. The van der Waals surface area contributed by atoms with Crippen LogP contribution < -0.4 is 5.32 Å². The summed E-state index contributed by atoms with van der Waals surface area (Å²) >= 11 is 1.87. The van der Waals surface area contributed by atoms with Gasteiger partial charge in [0.25, 0.3) is 0 Å². The minimum absolute atomic E-state index is 0.599. The van der Waals surface area contributed by atoms with Crippen molar-refractivity contribution in [3.8, 4) is 0 Å². The van der Waals surface area contributed by atoms with Crippen LogP contribution >= 0.6 is 11.3 Å². The quantitative estimate of drug-likeness (QED) is 0.715. The summed E-state index contributed by atoms with van der Waals surface area (Å²) in [5, 5.41) is 5.93.